The van der Waals surface area contributed by atoms with E-state index in [1.54, 1.807) is 6.07 Å². The minimum Gasteiger partial charge on any atom is -0.461 e. The first-order chi connectivity index (χ1) is 18.5. The highest BCUT2D eigenvalue weighted by molar-refractivity contribution is 7.97. The van der Waals surface area contributed by atoms with Crippen LogP contribution in [0.15, 0.2) is 110 Å². The van der Waals surface area contributed by atoms with E-state index in [-0.39, 0.29) is 11.0 Å². The number of rotatable bonds is 8. The Morgan fingerprint density at radius 3 is 1.97 bits per heavy atom. The molecule has 0 radical (unpaired) electrons. The predicted octanol–water partition coefficient (Wildman–Crippen LogP) is 6.98. The lowest BCUT2D eigenvalue weighted by atomic mass is 9.85. The van der Waals surface area contributed by atoms with Crippen LogP contribution in [0.4, 0.5) is 0 Å². The van der Waals surface area contributed by atoms with Crippen molar-refractivity contribution in [1.82, 2.24) is 0 Å². The van der Waals surface area contributed by atoms with Gasteiger partial charge in [-0.25, -0.2) is 4.79 Å². The topological polar surface area (TPSA) is 93.8 Å². The first kappa shape index (κ1) is 27.0. The Bertz CT molecular complexity index is 1660. The van der Waals surface area contributed by atoms with Crippen LogP contribution < -0.4 is 0 Å². The zero-order valence-electron chi connectivity index (χ0n) is 21.9. The Morgan fingerprint density at radius 2 is 1.46 bits per heavy atom. The van der Waals surface area contributed by atoms with Gasteiger partial charge in [0.15, 0.2) is 14.7 Å². The molecule has 0 aliphatic rings. The predicted molar refractivity (Wildman–Crippen MR) is 153 cm³/mol. The molecule has 2 aromatic heterocycles. The van der Waals surface area contributed by atoms with Crippen molar-refractivity contribution >= 4 is 38.1 Å². The van der Waals surface area contributed by atoms with Gasteiger partial charge >= 0.3 is 5.97 Å². The number of furan rings is 2. The summed E-state index contributed by atoms with van der Waals surface area (Å²) in [6, 6.07) is 30.9. The highest BCUT2D eigenvalue weighted by Gasteiger charge is 2.34. The summed E-state index contributed by atoms with van der Waals surface area (Å²) >= 11 is 0. The van der Waals surface area contributed by atoms with Gasteiger partial charge in [-0.3, -0.25) is 4.55 Å². The van der Waals surface area contributed by atoms with Crippen molar-refractivity contribution in [3.8, 4) is 11.1 Å². The summed E-state index contributed by atoms with van der Waals surface area (Å²) in [6.07, 6.45) is 0. The fourth-order valence-corrected chi connectivity index (χ4v) is 6.95. The molecule has 0 aliphatic heterocycles. The third-order valence-corrected chi connectivity index (χ3v) is 9.38. The molecule has 2 bridgehead atoms. The maximum Gasteiger partial charge on any atom is 0.342 e. The summed E-state index contributed by atoms with van der Waals surface area (Å²) in [5, 5.41) is 0. The zero-order valence-corrected chi connectivity index (χ0v) is 23.5. The smallest absolute Gasteiger partial charge is 0.342 e. The lowest BCUT2D eigenvalue weighted by Crippen LogP contribution is -2.14. The van der Waals surface area contributed by atoms with Gasteiger partial charge in [-0.05, 0) is 59.5 Å². The molecule has 39 heavy (non-hydrogen) atoms. The SMILES string of the molecule is CC(C)(C)c1ccc([S+](c2ccccc2)c2ccccc2)c(-c2cc3oc2cc3C(=O)OCCS(=O)(=O)O)c1. The van der Waals surface area contributed by atoms with E-state index in [2.05, 4.69) is 87.5 Å². The summed E-state index contributed by atoms with van der Waals surface area (Å²) in [5.74, 6) is -1.36. The largest absolute Gasteiger partial charge is 0.461 e. The van der Waals surface area contributed by atoms with Gasteiger partial charge in [-0.15, -0.1) is 0 Å². The molecule has 0 spiro atoms. The molecule has 0 fully saturated rings. The summed E-state index contributed by atoms with van der Waals surface area (Å²) in [7, 11) is -4.63. The molecule has 0 saturated carbocycles. The molecule has 0 amide bonds. The maximum absolute atomic E-state index is 12.6. The molecule has 2 heterocycles. The first-order valence-corrected chi connectivity index (χ1v) is 15.3. The monoisotopic (exact) mass is 561 g/mol. The fourth-order valence-electron chi connectivity index (χ4n) is 4.42. The summed E-state index contributed by atoms with van der Waals surface area (Å²) in [4.78, 5) is 16.1. The molecule has 0 atom stereocenters. The van der Waals surface area contributed by atoms with Gasteiger partial charge in [-0.2, -0.15) is 8.42 Å². The number of fused-ring (bicyclic) bond motifs is 2. The van der Waals surface area contributed by atoms with Crippen molar-refractivity contribution < 1.29 is 26.9 Å². The van der Waals surface area contributed by atoms with Gasteiger partial charge in [0.1, 0.15) is 29.1 Å². The second-order valence-corrected chi connectivity index (χ2v) is 13.8. The Kier molecular flexibility index (Phi) is 7.29. The van der Waals surface area contributed by atoms with Crippen LogP contribution in [-0.2, 0) is 31.2 Å². The molecule has 200 valence electrons. The van der Waals surface area contributed by atoms with Crippen LogP contribution in [0.1, 0.15) is 36.7 Å². The van der Waals surface area contributed by atoms with E-state index in [1.807, 2.05) is 18.2 Å². The van der Waals surface area contributed by atoms with Crippen LogP contribution in [0.25, 0.3) is 22.3 Å². The van der Waals surface area contributed by atoms with E-state index in [9.17, 15) is 13.2 Å². The maximum atomic E-state index is 12.6. The molecular formula is C31H29O6S2+. The summed E-state index contributed by atoms with van der Waals surface area (Å²) in [5.41, 5.74) is 4.13. The van der Waals surface area contributed by atoms with Gasteiger partial charge in [0, 0.05) is 11.1 Å². The summed E-state index contributed by atoms with van der Waals surface area (Å²) in [6.45, 7) is 6.08. The van der Waals surface area contributed by atoms with Gasteiger partial charge in [-0.1, -0.05) is 63.2 Å². The van der Waals surface area contributed by atoms with Crippen LogP contribution >= 0.6 is 0 Å². The molecule has 3 aromatic carbocycles. The lowest BCUT2D eigenvalue weighted by molar-refractivity contribution is 0.0530. The van der Waals surface area contributed by atoms with Crippen molar-refractivity contribution in [2.24, 2.45) is 0 Å². The number of carbonyl (C=O) groups excluding carboxylic acids is 1. The third-order valence-electron chi connectivity index (χ3n) is 6.41. The Labute approximate surface area is 231 Å². The van der Waals surface area contributed by atoms with E-state index in [0.717, 1.165) is 16.0 Å². The van der Waals surface area contributed by atoms with E-state index in [0.29, 0.717) is 11.2 Å². The Morgan fingerprint density at radius 1 is 0.846 bits per heavy atom. The van der Waals surface area contributed by atoms with Crippen molar-refractivity contribution in [3.05, 3.63) is 102 Å². The minimum absolute atomic E-state index is 0.0833. The number of benzene rings is 4. The zero-order chi connectivity index (χ0) is 27.8. The summed E-state index contributed by atoms with van der Waals surface area (Å²) < 4.78 is 41.8. The van der Waals surface area contributed by atoms with Crippen molar-refractivity contribution in [2.75, 3.05) is 12.4 Å². The van der Waals surface area contributed by atoms with E-state index in [1.165, 1.54) is 15.4 Å². The quantitative estimate of drug-likeness (QED) is 0.125. The van der Waals surface area contributed by atoms with Crippen molar-refractivity contribution in [2.45, 2.75) is 40.9 Å². The second-order valence-electron chi connectivity index (χ2n) is 10.3. The van der Waals surface area contributed by atoms with Gasteiger partial charge in [0.25, 0.3) is 10.1 Å². The number of hydrogen-bond acceptors (Lipinski definition) is 5. The Balaban J connectivity index is 1.61. The highest BCUT2D eigenvalue weighted by Crippen LogP contribution is 2.43. The number of hydrogen-bond donors (Lipinski definition) is 1. The fraction of sp³-hybridized carbons (Fsp3) is 0.194. The van der Waals surface area contributed by atoms with E-state index in [4.69, 9.17) is 13.7 Å². The van der Waals surface area contributed by atoms with E-state index >= 15 is 0 Å². The van der Waals surface area contributed by atoms with Gasteiger partial charge in [0.2, 0.25) is 0 Å². The average Bonchev–Trinajstić information content (AvgIpc) is 3.50. The standard InChI is InChI=1S/C31H28O6S2/c1-31(2,3)21-14-15-29(38(22-10-6-4-7-11-22)23-12-8-5-9-13-23)25(18-21)24-19-28-26(20-27(24)37-28)30(32)36-16-17-39(33,34)35/h4-15,18-20H,16-17H2,1-3H3/p+1. The van der Waals surface area contributed by atoms with Crippen LogP contribution in [0.3, 0.4) is 0 Å². The molecule has 5 rings (SSSR count). The van der Waals surface area contributed by atoms with Crippen LogP contribution in [-0.4, -0.2) is 31.3 Å². The molecule has 0 unspecified atom stereocenters. The molecule has 6 nitrogen and oxygen atoms in total. The molecule has 0 saturated heterocycles. The number of ether oxygens (including phenoxy) is 1. The molecular weight excluding hydrogens is 532 g/mol. The van der Waals surface area contributed by atoms with Crippen molar-refractivity contribution in [1.29, 1.82) is 0 Å². The number of carbonyl (C=O) groups is 1. The minimum atomic E-state index is -4.22. The normalized spacial score (nSPS) is 12.3. The van der Waals surface area contributed by atoms with Crippen LogP contribution in [0.5, 0.6) is 0 Å². The molecule has 8 heteroatoms. The van der Waals surface area contributed by atoms with Crippen LogP contribution in [0, 0.1) is 0 Å². The first-order valence-electron chi connectivity index (χ1n) is 12.5. The highest BCUT2D eigenvalue weighted by atomic mass is 32.2. The lowest BCUT2D eigenvalue weighted by Gasteiger charge is -2.21. The van der Waals surface area contributed by atoms with Crippen LogP contribution in [0.2, 0.25) is 0 Å². The van der Waals surface area contributed by atoms with Crippen molar-refractivity contribution in [3.63, 3.8) is 0 Å². The molecule has 5 aromatic rings. The average molecular weight is 562 g/mol. The number of esters is 1. The van der Waals surface area contributed by atoms with E-state index < -0.39 is 39.3 Å². The molecule has 1 N–H and O–H groups in total. The second kappa shape index (κ2) is 10.5. The molecule has 0 aliphatic carbocycles. The van der Waals surface area contributed by atoms with Gasteiger partial charge < -0.3 is 9.15 Å². The third kappa shape index (κ3) is 5.88. The van der Waals surface area contributed by atoms with Gasteiger partial charge in [0.05, 0.1) is 10.9 Å². The Hall–Kier alpha value is -3.59.